The van der Waals surface area contributed by atoms with E-state index in [2.05, 4.69) is 5.10 Å². The van der Waals surface area contributed by atoms with E-state index in [-0.39, 0.29) is 11.9 Å². The molecule has 0 aromatic heterocycles. The number of nitrogens with zero attached hydrogens (tertiary/aromatic N) is 2. The van der Waals surface area contributed by atoms with Crippen LogP contribution in [-0.2, 0) is 4.79 Å². The molecule has 8 nitrogen and oxygen atoms in total. The third-order valence-electron chi connectivity index (χ3n) is 5.74. The highest BCUT2D eigenvalue weighted by molar-refractivity contribution is 6.06. The smallest absolute Gasteiger partial charge is 0.343 e. The molecule has 0 saturated heterocycles. The number of carbonyl (C=O) groups excluding carboxylic acids is 2. The summed E-state index contributed by atoms with van der Waals surface area (Å²) < 4.78 is 21.9. The van der Waals surface area contributed by atoms with Crippen LogP contribution < -0.4 is 18.9 Å². The second kappa shape index (κ2) is 10.3. The van der Waals surface area contributed by atoms with Gasteiger partial charge in [0.25, 0.3) is 0 Å². The number of hydrogen-bond donors (Lipinski definition) is 0. The molecule has 180 valence electrons. The van der Waals surface area contributed by atoms with Gasteiger partial charge in [0.05, 0.1) is 38.6 Å². The summed E-state index contributed by atoms with van der Waals surface area (Å²) in [4.78, 5) is 25.3. The van der Waals surface area contributed by atoms with Crippen LogP contribution in [0.2, 0.25) is 0 Å². The van der Waals surface area contributed by atoms with Crippen LogP contribution in [0.25, 0.3) is 0 Å². The number of carbonyl (C=O) groups is 2. The summed E-state index contributed by atoms with van der Waals surface area (Å²) in [6.07, 6.45) is 0.414. The molecular weight excluding hydrogens is 448 g/mol. The average molecular weight is 475 g/mol. The van der Waals surface area contributed by atoms with Crippen molar-refractivity contribution in [3.8, 4) is 23.0 Å². The van der Waals surface area contributed by atoms with Gasteiger partial charge in [-0.3, -0.25) is 4.79 Å². The quantitative estimate of drug-likeness (QED) is 0.367. The summed E-state index contributed by atoms with van der Waals surface area (Å²) in [5, 5.41) is 6.04. The van der Waals surface area contributed by atoms with Crippen molar-refractivity contribution in [3.05, 3.63) is 83.4 Å². The first kappa shape index (κ1) is 23.8. The van der Waals surface area contributed by atoms with E-state index >= 15 is 0 Å². The lowest BCUT2D eigenvalue weighted by Crippen LogP contribution is -2.24. The van der Waals surface area contributed by atoms with E-state index < -0.39 is 5.97 Å². The van der Waals surface area contributed by atoms with Gasteiger partial charge in [0, 0.05) is 25.0 Å². The molecule has 1 aliphatic heterocycles. The maximum absolute atomic E-state index is 12.8. The molecule has 1 amide bonds. The molecule has 0 radical (unpaired) electrons. The van der Waals surface area contributed by atoms with E-state index in [0.717, 1.165) is 5.56 Å². The van der Waals surface area contributed by atoms with Gasteiger partial charge in [-0.25, -0.2) is 9.80 Å². The molecule has 1 heterocycles. The number of ether oxygens (including phenoxy) is 4. The molecule has 0 saturated carbocycles. The van der Waals surface area contributed by atoms with Crippen LogP contribution in [-0.4, -0.2) is 43.9 Å². The van der Waals surface area contributed by atoms with Crippen LogP contribution in [0.5, 0.6) is 23.0 Å². The lowest BCUT2D eigenvalue weighted by molar-refractivity contribution is -0.130. The molecule has 0 fully saturated rings. The fraction of sp³-hybridized carbons (Fsp3) is 0.222. The first-order valence-electron chi connectivity index (χ1n) is 11.0. The van der Waals surface area contributed by atoms with E-state index in [4.69, 9.17) is 18.9 Å². The molecule has 0 spiro atoms. The molecule has 1 aliphatic rings. The summed E-state index contributed by atoms with van der Waals surface area (Å²) in [6, 6.07) is 19.1. The van der Waals surface area contributed by atoms with Crippen molar-refractivity contribution >= 4 is 17.6 Å². The Kier molecular flexibility index (Phi) is 7.01. The third-order valence-corrected chi connectivity index (χ3v) is 5.74. The van der Waals surface area contributed by atoms with Crippen molar-refractivity contribution < 1.29 is 28.5 Å². The molecule has 0 bridgehead atoms. The van der Waals surface area contributed by atoms with Crippen LogP contribution in [0.1, 0.15) is 40.9 Å². The Labute approximate surface area is 203 Å². The number of methoxy groups -OCH3 is 3. The van der Waals surface area contributed by atoms with Gasteiger partial charge in [0.1, 0.15) is 11.5 Å². The highest BCUT2D eigenvalue weighted by Crippen LogP contribution is 2.39. The predicted molar refractivity (Wildman–Crippen MR) is 130 cm³/mol. The Balaban J connectivity index is 1.70. The fourth-order valence-corrected chi connectivity index (χ4v) is 3.97. The lowest BCUT2D eigenvalue weighted by atomic mass is 9.97. The van der Waals surface area contributed by atoms with Crippen LogP contribution >= 0.6 is 0 Å². The maximum atomic E-state index is 12.8. The van der Waals surface area contributed by atoms with Crippen LogP contribution in [0, 0.1) is 0 Å². The Bertz CT molecular complexity index is 1270. The molecule has 0 unspecified atom stereocenters. The van der Waals surface area contributed by atoms with Gasteiger partial charge < -0.3 is 18.9 Å². The molecule has 0 N–H and O–H groups in total. The molecule has 1 atom stereocenters. The highest BCUT2D eigenvalue weighted by Gasteiger charge is 2.33. The number of esters is 1. The molecular formula is C27H26N2O6. The van der Waals surface area contributed by atoms with E-state index in [0.29, 0.717) is 46.3 Å². The van der Waals surface area contributed by atoms with Gasteiger partial charge in [0.15, 0.2) is 11.5 Å². The topological polar surface area (TPSA) is 86.7 Å². The summed E-state index contributed by atoms with van der Waals surface area (Å²) in [5.41, 5.74) is 2.47. The van der Waals surface area contributed by atoms with Crippen LogP contribution in [0.3, 0.4) is 0 Å². The molecule has 3 aromatic carbocycles. The molecule has 8 heteroatoms. The minimum Gasteiger partial charge on any atom is -0.497 e. The SMILES string of the molecule is COc1ccc(C2=NN(C(C)=O)[C@H](c3ccc(OC)c(OC)c3)C2)c(OC(=O)c2ccccc2)c1. The van der Waals surface area contributed by atoms with Crippen molar-refractivity contribution in [1.29, 1.82) is 0 Å². The van der Waals surface area contributed by atoms with Gasteiger partial charge in [-0.2, -0.15) is 5.10 Å². The Hall–Kier alpha value is -4.33. The van der Waals surface area contributed by atoms with Gasteiger partial charge in [-0.1, -0.05) is 24.3 Å². The summed E-state index contributed by atoms with van der Waals surface area (Å²) >= 11 is 0. The van der Waals surface area contributed by atoms with Crippen molar-refractivity contribution in [2.75, 3.05) is 21.3 Å². The second-order valence-electron chi connectivity index (χ2n) is 7.86. The summed E-state index contributed by atoms with van der Waals surface area (Å²) in [6.45, 7) is 1.46. The fourth-order valence-electron chi connectivity index (χ4n) is 3.97. The van der Waals surface area contributed by atoms with E-state index in [1.165, 1.54) is 19.0 Å². The minimum absolute atomic E-state index is 0.212. The van der Waals surface area contributed by atoms with Crippen LogP contribution in [0.4, 0.5) is 0 Å². The van der Waals surface area contributed by atoms with Crippen molar-refractivity contribution in [3.63, 3.8) is 0 Å². The number of rotatable bonds is 7. The average Bonchev–Trinajstić information content (AvgIpc) is 3.34. The Morgan fingerprint density at radius 2 is 1.60 bits per heavy atom. The van der Waals surface area contributed by atoms with E-state index in [1.54, 1.807) is 62.8 Å². The van der Waals surface area contributed by atoms with Gasteiger partial charge in [-0.05, 0) is 42.0 Å². The first-order chi connectivity index (χ1) is 16.9. The third kappa shape index (κ3) is 4.96. The van der Waals surface area contributed by atoms with Crippen LogP contribution in [0.15, 0.2) is 71.8 Å². The standard InChI is InChI=1S/C27H26N2O6/c1-17(30)29-23(19-10-13-24(33-3)26(14-19)34-4)16-22(28-29)21-12-11-20(32-2)15-25(21)35-27(31)18-8-6-5-7-9-18/h5-15,23H,16H2,1-4H3/t23-/m0/s1. The zero-order chi connectivity index (χ0) is 24.9. The van der Waals surface area contributed by atoms with Gasteiger partial charge >= 0.3 is 5.97 Å². The maximum Gasteiger partial charge on any atom is 0.343 e. The molecule has 4 rings (SSSR count). The molecule has 3 aromatic rings. The second-order valence-corrected chi connectivity index (χ2v) is 7.86. The minimum atomic E-state index is -0.501. The normalized spacial score (nSPS) is 14.8. The molecule has 0 aliphatic carbocycles. The summed E-state index contributed by atoms with van der Waals surface area (Å²) in [7, 11) is 4.67. The Morgan fingerprint density at radius 3 is 2.26 bits per heavy atom. The molecule has 35 heavy (non-hydrogen) atoms. The van der Waals surface area contributed by atoms with E-state index in [1.807, 2.05) is 18.2 Å². The monoisotopic (exact) mass is 474 g/mol. The van der Waals surface area contributed by atoms with E-state index in [9.17, 15) is 9.59 Å². The van der Waals surface area contributed by atoms with Crippen molar-refractivity contribution in [2.24, 2.45) is 5.10 Å². The number of amides is 1. The zero-order valence-corrected chi connectivity index (χ0v) is 20.0. The van der Waals surface area contributed by atoms with Crippen molar-refractivity contribution in [2.45, 2.75) is 19.4 Å². The van der Waals surface area contributed by atoms with Gasteiger partial charge in [-0.15, -0.1) is 0 Å². The number of hydrazone groups is 1. The largest absolute Gasteiger partial charge is 0.497 e. The lowest BCUT2D eigenvalue weighted by Gasteiger charge is -2.21. The highest BCUT2D eigenvalue weighted by atomic mass is 16.5. The zero-order valence-electron chi connectivity index (χ0n) is 20.0. The predicted octanol–water partition coefficient (Wildman–Crippen LogP) is 4.63. The van der Waals surface area contributed by atoms with Crippen molar-refractivity contribution in [1.82, 2.24) is 5.01 Å². The summed E-state index contributed by atoms with van der Waals surface area (Å²) in [5.74, 6) is 1.27. The first-order valence-corrected chi connectivity index (χ1v) is 11.0. The van der Waals surface area contributed by atoms with Gasteiger partial charge in [0.2, 0.25) is 5.91 Å². The Morgan fingerprint density at radius 1 is 0.857 bits per heavy atom. The number of hydrogen-bond acceptors (Lipinski definition) is 7. The number of benzene rings is 3.